The molecule has 0 saturated carbocycles. The fourth-order valence-corrected chi connectivity index (χ4v) is 3.09. The summed E-state index contributed by atoms with van der Waals surface area (Å²) < 4.78 is 12.9. The number of amides is 3. The van der Waals surface area contributed by atoms with E-state index in [1.807, 2.05) is 0 Å². The quantitative estimate of drug-likeness (QED) is 0.843. The summed E-state index contributed by atoms with van der Waals surface area (Å²) in [5.41, 5.74) is 1.39. The molecule has 1 saturated heterocycles. The van der Waals surface area contributed by atoms with Gasteiger partial charge in [-0.15, -0.1) is 11.3 Å². The molecule has 3 rings (SSSR count). The lowest BCUT2D eigenvalue weighted by Crippen LogP contribution is -2.32. The Morgan fingerprint density at radius 1 is 1.21 bits per heavy atom. The van der Waals surface area contributed by atoms with Crippen LogP contribution in [0.5, 0.6) is 0 Å². The summed E-state index contributed by atoms with van der Waals surface area (Å²) in [6, 6.07) is 5.91. The number of hydrogen-bond acceptors (Lipinski definition) is 5. The first kappa shape index (κ1) is 16.3. The number of nitrogens with one attached hydrogen (secondary N) is 1. The number of rotatable bonds is 5. The van der Waals surface area contributed by atoms with Crippen molar-refractivity contribution in [3.05, 3.63) is 35.5 Å². The highest BCUT2D eigenvalue weighted by molar-refractivity contribution is 7.14. The molecule has 3 amide bonds. The van der Waals surface area contributed by atoms with Gasteiger partial charge in [0.2, 0.25) is 17.7 Å². The van der Waals surface area contributed by atoms with Gasteiger partial charge < -0.3 is 5.32 Å². The van der Waals surface area contributed by atoms with Gasteiger partial charge in [-0.2, -0.15) is 0 Å². The van der Waals surface area contributed by atoms with Crippen LogP contribution in [0.4, 0.5) is 9.52 Å². The summed E-state index contributed by atoms with van der Waals surface area (Å²) >= 11 is 1.25. The minimum atomic E-state index is -0.325. The van der Waals surface area contributed by atoms with E-state index in [9.17, 15) is 18.8 Å². The Bertz CT molecular complexity index is 772. The second kappa shape index (κ2) is 6.88. The predicted octanol–water partition coefficient (Wildman–Crippen LogP) is 2.43. The molecular weight excluding hydrogens is 333 g/mol. The number of thiazole rings is 1. The summed E-state index contributed by atoms with van der Waals surface area (Å²) in [5.74, 6) is -1.11. The van der Waals surface area contributed by atoms with Crippen molar-refractivity contribution in [3.8, 4) is 11.3 Å². The van der Waals surface area contributed by atoms with Gasteiger partial charge in [-0.05, 0) is 24.3 Å². The van der Waals surface area contributed by atoms with Crippen LogP contribution in [0, 0.1) is 5.82 Å². The molecule has 2 aromatic rings. The second-order valence-electron chi connectivity index (χ2n) is 5.28. The van der Waals surface area contributed by atoms with E-state index in [0.717, 1.165) is 10.5 Å². The van der Waals surface area contributed by atoms with Crippen molar-refractivity contribution in [2.24, 2.45) is 0 Å². The van der Waals surface area contributed by atoms with E-state index in [1.54, 1.807) is 17.5 Å². The smallest absolute Gasteiger partial charge is 0.229 e. The first-order valence-corrected chi connectivity index (χ1v) is 8.25. The summed E-state index contributed by atoms with van der Waals surface area (Å²) in [5, 5.41) is 4.82. The van der Waals surface area contributed by atoms with Crippen molar-refractivity contribution in [1.29, 1.82) is 0 Å². The number of carbonyl (C=O) groups excluding carboxylic acids is 3. The van der Waals surface area contributed by atoms with Gasteiger partial charge in [0.15, 0.2) is 5.13 Å². The molecule has 0 unspecified atom stereocenters. The highest BCUT2D eigenvalue weighted by Gasteiger charge is 2.28. The third kappa shape index (κ3) is 3.65. The average molecular weight is 347 g/mol. The molecule has 1 N–H and O–H groups in total. The third-order valence-corrected chi connectivity index (χ3v) is 4.37. The van der Waals surface area contributed by atoms with Crippen molar-refractivity contribution in [2.75, 3.05) is 11.9 Å². The fraction of sp³-hybridized carbons (Fsp3) is 0.250. The molecule has 8 heteroatoms. The molecular formula is C16H14FN3O3S. The number of anilines is 1. The second-order valence-corrected chi connectivity index (χ2v) is 6.14. The molecule has 1 aliphatic heterocycles. The van der Waals surface area contributed by atoms with Crippen LogP contribution in [0.25, 0.3) is 11.3 Å². The molecule has 0 radical (unpaired) electrons. The lowest BCUT2D eigenvalue weighted by molar-refractivity contribution is -0.138. The average Bonchev–Trinajstić information content (AvgIpc) is 3.14. The van der Waals surface area contributed by atoms with E-state index in [1.165, 1.54) is 23.5 Å². The largest absolute Gasteiger partial charge is 0.302 e. The Balaban J connectivity index is 1.56. The van der Waals surface area contributed by atoms with Crippen molar-refractivity contribution < 1.29 is 18.8 Å². The molecule has 124 valence electrons. The number of hydrogen-bond donors (Lipinski definition) is 1. The van der Waals surface area contributed by atoms with Gasteiger partial charge in [-0.1, -0.05) is 0 Å². The zero-order chi connectivity index (χ0) is 17.1. The Kier molecular flexibility index (Phi) is 4.66. The van der Waals surface area contributed by atoms with Gasteiger partial charge in [0.05, 0.1) is 5.69 Å². The van der Waals surface area contributed by atoms with E-state index in [-0.39, 0.29) is 49.3 Å². The van der Waals surface area contributed by atoms with E-state index in [0.29, 0.717) is 10.8 Å². The number of benzene rings is 1. The predicted molar refractivity (Wildman–Crippen MR) is 86.7 cm³/mol. The van der Waals surface area contributed by atoms with Gasteiger partial charge in [0, 0.05) is 36.8 Å². The Morgan fingerprint density at radius 3 is 2.54 bits per heavy atom. The maximum absolute atomic E-state index is 12.9. The maximum Gasteiger partial charge on any atom is 0.229 e. The minimum absolute atomic E-state index is 0.0307. The molecule has 2 heterocycles. The lowest BCUT2D eigenvalue weighted by Gasteiger charge is -2.12. The lowest BCUT2D eigenvalue weighted by atomic mass is 10.2. The zero-order valence-electron chi connectivity index (χ0n) is 12.6. The van der Waals surface area contributed by atoms with Crippen LogP contribution < -0.4 is 5.32 Å². The molecule has 24 heavy (non-hydrogen) atoms. The van der Waals surface area contributed by atoms with Gasteiger partial charge in [-0.25, -0.2) is 9.37 Å². The van der Waals surface area contributed by atoms with E-state index < -0.39 is 0 Å². The van der Waals surface area contributed by atoms with Crippen LogP contribution >= 0.6 is 11.3 Å². The van der Waals surface area contributed by atoms with Crippen LogP contribution in [0.1, 0.15) is 19.3 Å². The summed E-state index contributed by atoms with van der Waals surface area (Å²) in [6.45, 7) is 0.0830. The van der Waals surface area contributed by atoms with E-state index in [4.69, 9.17) is 0 Å². The molecule has 1 fully saturated rings. The Hall–Kier alpha value is -2.61. The summed E-state index contributed by atoms with van der Waals surface area (Å²) in [7, 11) is 0. The molecule has 1 aromatic heterocycles. The SMILES string of the molecule is O=C(CCN1C(=O)CCC1=O)Nc1nc(-c2ccc(F)cc2)cs1. The van der Waals surface area contributed by atoms with Crippen LogP contribution in [-0.4, -0.2) is 34.2 Å². The van der Waals surface area contributed by atoms with Crippen LogP contribution in [0.2, 0.25) is 0 Å². The minimum Gasteiger partial charge on any atom is -0.302 e. The van der Waals surface area contributed by atoms with E-state index >= 15 is 0 Å². The first-order chi connectivity index (χ1) is 11.5. The topological polar surface area (TPSA) is 79.4 Å². The Labute approximate surface area is 141 Å². The molecule has 0 atom stereocenters. The number of nitrogens with zero attached hydrogens (tertiary/aromatic N) is 2. The molecule has 6 nitrogen and oxygen atoms in total. The van der Waals surface area contributed by atoms with E-state index in [2.05, 4.69) is 10.3 Å². The molecule has 0 spiro atoms. The molecule has 0 bridgehead atoms. The fourth-order valence-electron chi connectivity index (χ4n) is 2.35. The van der Waals surface area contributed by atoms with Crippen molar-refractivity contribution >= 4 is 34.2 Å². The third-order valence-electron chi connectivity index (χ3n) is 3.61. The molecule has 0 aliphatic carbocycles. The van der Waals surface area contributed by atoms with Crippen LogP contribution in [0.3, 0.4) is 0 Å². The first-order valence-electron chi connectivity index (χ1n) is 7.37. The molecule has 1 aliphatic rings. The van der Waals surface area contributed by atoms with Gasteiger partial charge in [-0.3, -0.25) is 19.3 Å². The van der Waals surface area contributed by atoms with Crippen LogP contribution in [0.15, 0.2) is 29.6 Å². The van der Waals surface area contributed by atoms with Crippen molar-refractivity contribution in [1.82, 2.24) is 9.88 Å². The zero-order valence-corrected chi connectivity index (χ0v) is 13.4. The standard InChI is InChI=1S/C16H14FN3O3S/c17-11-3-1-10(2-4-11)12-9-24-16(18-12)19-13(21)7-8-20-14(22)5-6-15(20)23/h1-4,9H,5-8H2,(H,18,19,21). The van der Waals surface area contributed by atoms with Crippen molar-refractivity contribution in [2.45, 2.75) is 19.3 Å². The number of aromatic nitrogens is 1. The number of carbonyl (C=O) groups is 3. The highest BCUT2D eigenvalue weighted by atomic mass is 32.1. The highest BCUT2D eigenvalue weighted by Crippen LogP contribution is 2.25. The monoisotopic (exact) mass is 347 g/mol. The Morgan fingerprint density at radius 2 is 1.88 bits per heavy atom. The van der Waals surface area contributed by atoms with Crippen LogP contribution in [-0.2, 0) is 14.4 Å². The summed E-state index contributed by atoms with van der Waals surface area (Å²) in [4.78, 5) is 40.3. The molecule has 1 aromatic carbocycles. The number of likely N-dealkylation sites (tertiary alicyclic amines) is 1. The maximum atomic E-state index is 12.9. The van der Waals surface area contributed by atoms with Gasteiger partial charge >= 0.3 is 0 Å². The van der Waals surface area contributed by atoms with Gasteiger partial charge in [0.1, 0.15) is 5.82 Å². The number of imide groups is 1. The van der Waals surface area contributed by atoms with Crippen molar-refractivity contribution in [3.63, 3.8) is 0 Å². The van der Waals surface area contributed by atoms with Gasteiger partial charge in [0.25, 0.3) is 0 Å². The number of halogens is 1. The normalized spacial score (nSPS) is 14.3. The summed E-state index contributed by atoms with van der Waals surface area (Å²) in [6.07, 6.45) is 0.463.